The van der Waals surface area contributed by atoms with Gasteiger partial charge in [-0.1, -0.05) is 13.8 Å². The Balaban J connectivity index is 2.02. The van der Waals surface area contributed by atoms with Crippen molar-refractivity contribution in [1.82, 2.24) is 19.6 Å². The highest BCUT2D eigenvalue weighted by molar-refractivity contribution is 6.04. The third kappa shape index (κ3) is 2.51. The van der Waals surface area contributed by atoms with Gasteiger partial charge >= 0.3 is 0 Å². The molecular weight excluding hydrogens is 332 g/mol. The minimum atomic E-state index is -0.121. The SMILES string of the molecule is COc1ccc(-c2c3c(nc4ncnn24)CC(C)(C)CC3=O)cc1OC. The fourth-order valence-electron chi connectivity index (χ4n) is 3.60. The number of aromatic nitrogens is 4. The summed E-state index contributed by atoms with van der Waals surface area (Å²) in [6, 6.07) is 5.56. The molecule has 4 rings (SSSR count). The second-order valence-electron chi connectivity index (χ2n) is 7.26. The highest BCUT2D eigenvalue weighted by atomic mass is 16.5. The molecule has 0 unspecified atom stereocenters. The Hall–Kier alpha value is -2.96. The van der Waals surface area contributed by atoms with Crippen LogP contribution in [-0.2, 0) is 6.42 Å². The van der Waals surface area contributed by atoms with E-state index >= 15 is 0 Å². The minimum absolute atomic E-state index is 0.0749. The van der Waals surface area contributed by atoms with E-state index in [1.807, 2.05) is 18.2 Å². The lowest BCUT2D eigenvalue weighted by atomic mass is 9.75. The van der Waals surface area contributed by atoms with E-state index in [-0.39, 0.29) is 11.2 Å². The van der Waals surface area contributed by atoms with Crippen LogP contribution in [0.25, 0.3) is 17.0 Å². The number of hydrogen-bond donors (Lipinski definition) is 0. The Labute approximate surface area is 151 Å². The Morgan fingerprint density at radius 2 is 1.88 bits per heavy atom. The zero-order valence-corrected chi connectivity index (χ0v) is 15.2. The molecule has 1 aliphatic carbocycles. The van der Waals surface area contributed by atoms with E-state index in [1.165, 1.54) is 6.33 Å². The summed E-state index contributed by atoms with van der Waals surface area (Å²) in [5, 5.41) is 4.29. The Morgan fingerprint density at radius 3 is 2.62 bits per heavy atom. The van der Waals surface area contributed by atoms with Crippen molar-refractivity contribution in [1.29, 1.82) is 0 Å². The van der Waals surface area contributed by atoms with Crippen LogP contribution in [0.1, 0.15) is 36.3 Å². The van der Waals surface area contributed by atoms with Crippen LogP contribution in [0.5, 0.6) is 11.5 Å². The molecule has 1 aromatic carbocycles. The van der Waals surface area contributed by atoms with E-state index in [0.29, 0.717) is 35.0 Å². The maximum atomic E-state index is 13.0. The molecule has 0 N–H and O–H groups in total. The number of carbonyl (C=O) groups excluding carboxylic acids is 1. The molecule has 3 aromatic rings. The number of Topliss-reactive ketones (excluding diaryl/α,β-unsaturated/α-hetero) is 1. The maximum absolute atomic E-state index is 13.0. The number of ketones is 1. The third-order valence-corrected chi connectivity index (χ3v) is 4.72. The van der Waals surface area contributed by atoms with Crippen LogP contribution in [0.4, 0.5) is 0 Å². The van der Waals surface area contributed by atoms with Gasteiger partial charge in [-0.2, -0.15) is 14.6 Å². The van der Waals surface area contributed by atoms with E-state index in [9.17, 15) is 4.79 Å². The molecule has 26 heavy (non-hydrogen) atoms. The van der Waals surface area contributed by atoms with Crippen LogP contribution in [0.15, 0.2) is 24.5 Å². The van der Waals surface area contributed by atoms with E-state index in [1.54, 1.807) is 18.7 Å². The standard InChI is InChI=1S/C19H20N4O3/c1-19(2)8-12-16(13(24)9-19)17(23-18(22-12)20-10-21-23)11-5-6-14(25-3)15(7-11)26-4/h5-7,10H,8-9H2,1-4H3. The summed E-state index contributed by atoms with van der Waals surface area (Å²) in [5.41, 5.74) is 2.78. The van der Waals surface area contributed by atoms with Gasteiger partial charge in [-0.3, -0.25) is 4.79 Å². The van der Waals surface area contributed by atoms with Crippen LogP contribution < -0.4 is 9.47 Å². The molecule has 0 atom stereocenters. The first kappa shape index (κ1) is 16.5. The minimum Gasteiger partial charge on any atom is -0.493 e. The van der Waals surface area contributed by atoms with Crippen molar-refractivity contribution in [2.75, 3.05) is 14.2 Å². The van der Waals surface area contributed by atoms with Crippen molar-refractivity contribution in [2.24, 2.45) is 5.41 Å². The van der Waals surface area contributed by atoms with Crippen LogP contribution in [0.2, 0.25) is 0 Å². The van der Waals surface area contributed by atoms with Crippen molar-refractivity contribution in [2.45, 2.75) is 26.7 Å². The first-order valence-electron chi connectivity index (χ1n) is 8.42. The van der Waals surface area contributed by atoms with Gasteiger partial charge in [0.2, 0.25) is 0 Å². The van der Waals surface area contributed by atoms with Crippen molar-refractivity contribution in [3.63, 3.8) is 0 Å². The number of carbonyl (C=O) groups is 1. The van der Waals surface area contributed by atoms with Crippen molar-refractivity contribution in [3.05, 3.63) is 35.8 Å². The summed E-state index contributed by atoms with van der Waals surface area (Å²) in [6.45, 7) is 4.17. The lowest BCUT2D eigenvalue weighted by Gasteiger charge is -2.30. The molecule has 0 spiro atoms. The number of ether oxygens (including phenoxy) is 2. The van der Waals surface area contributed by atoms with Gasteiger partial charge in [0.1, 0.15) is 6.33 Å². The van der Waals surface area contributed by atoms with Gasteiger partial charge in [-0.05, 0) is 30.0 Å². The second kappa shape index (κ2) is 5.79. The first-order valence-corrected chi connectivity index (χ1v) is 8.42. The quantitative estimate of drug-likeness (QED) is 0.721. The largest absolute Gasteiger partial charge is 0.493 e. The summed E-state index contributed by atoms with van der Waals surface area (Å²) < 4.78 is 12.4. The highest BCUT2D eigenvalue weighted by Crippen LogP contribution is 2.40. The third-order valence-electron chi connectivity index (χ3n) is 4.72. The molecule has 0 radical (unpaired) electrons. The fourth-order valence-corrected chi connectivity index (χ4v) is 3.60. The van der Waals surface area contributed by atoms with E-state index in [0.717, 1.165) is 17.7 Å². The van der Waals surface area contributed by atoms with E-state index in [2.05, 4.69) is 28.9 Å². The molecule has 2 aromatic heterocycles. The summed E-state index contributed by atoms with van der Waals surface area (Å²) in [5.74, 6) is 1.78. The summed E-state index contributed by atoms with van der Waals surface area (Å²) in [4.78, 5) is 21.8. The molecule has 0 amide bonds. The molecule has 7 nitrogen and oxygen atoms in total. The van der Waals surface area contributed by atoms with Crippen LogP contribution in [0.3, 0.4) is 0 Å². The molecule has 0 saturated heterocycles. The predicted molar refractivity (Wildman–Crippen MR) is 95.8 cm³/mol. The Kier molecular flexibility index (Phi) is 3.68. The van der Waals surface area contributed by atoms with Gasteiger partial charge in [0, 0.05) is 12.0 Å². The molecule has 7 heteroatoms. The van der Waals surface area contributed by atoms with Crippen LogP contribution in [0, 0.1) is 5.41 Å². The monoisotopic (exact) mass is 352 g/mol. The molecule has 1 aliphatic rings. The predicted octanol–water partition coefficient (Wildman–Crippen LogP) is 2.96. The average molecular weight is 352 g/mol. The van der Waals surface area contributed by atoms with E-state index < -0.39 is 0 Å². The Bertz CT molecular complexity index is 1020. The number of benzene rings is 1. The number of rotatable bonds is 3. The van der Waals surface area contributed by atoms with Gasteiger partial charge in [-0.15, -0.1) is 0 Å². The van der Waals surface area contributed by atoms with Gasteiger partial charge in [0.15, 0.2) is 17.3 Å². The number of nitrogens with zero attached hydrogens (tertiary/aromatic N) is 4. The summed E-state index contributed by atoms with van der Waals surface area (Å²) >= 11 is 0. The number of fused-ring (bicyclic) bond motifs is 2. The average Bonchev–Trinajstić information content (AvgIpc) is 3.06. The number of methoxy groups -OCH3 is 2. The van der Waals surface area contributed by atoms with Gasteiger partial charge in [0.05, 0.1) is 31.2 Å². The fraction of sp³-hybridized carbons (Fsp3) is 0.368. The van der Waals surface area contributed by atoms with Crippen molar-refractivity contribution < 1.29 is 14.3 Å². The topological polar surface area (TPSA) is 78.6 Å². The van der Waals surface area contributed by atoms with Crippen molar-refractivity contribution in [3.8, 4) is 22.8 Å². The van der Waals surface area contributed by atoms with E-state index in [4.69, 9.17) is 9.47 Å². The molecule has 0 aliphatic heterocycles. The zero-order chi connectivity index (χ0) is 18.5. The second-order valence-corrected chi connectivity index (χ2v) is 7.26. The van der Waals surface area contributed by atoms with Crippen LogP contribution >= 0.6 is 0 Å². The van der Waals surface area contributed by atoms with Crippen molar-refractivity contribution >= 4 is 11.6 Å². The lowest BCUT2D eigenvalue weighted by molar-refractivity contribution is 0.0910. The zero-order valence-electron chi connectivity index (χ0n) is 15.2. The molecule has 0 saturated carbocycles. The molecular formula is C19H20N4O3. The molecule has 2 heterocycles. The van der Waals surface area contributed by atoms with Crippen LogP contribution in [-0.4, -0.2) is 39.6 Å². The lowest BCUT2D eigenvalue weighted by Crippen LogP contribution is -2.29. The first-order chi connectivity index (χ1) is 12.4. The highest BCUT2D eigenvalue weighted by Gasteiger charge is 2.35. The number of hydrogen-bond acceptors (Lipinski definition) is 6. The Morgan fingerprint density at radius 1 is 1.12 bits per heavy atom. The smallest absolute Gasteiger partial charge is 0.252 e. The van der Waals surface area contributed by atoms with Gasteiger partial charge < -0.3 is 9.47 Å². The normalized spacial score (nSPS) is 15.8. The molecule has 134 valence electrons. The molecule has 0 fully saturated rings. The summed E-state index contributed by atoms with van der Waals surface area (Å²) in [6.07, 6.45) is 2.65. The molecule has 0 bridgehead atoms. The van der Waals surface area contributed by atoms with Gasteiger partial charge in [0.25, 0.3) is 5.78 Å². The van der Waals surface area contributed by atoms with Gasteiger partial charge in [-0.25, -0.2) is 4.98 Å². The maximum Gasteiger partial charge on any atom is 0.252 e. The summed E-state index contributed by atoms with van der Waals surface area (Å²) in [7, 11) is 3.18.